The summed E-state index contributed by atoms with van der Waals surface area (Å²) in [5.41, 5.74) is 14.9. The van der Waals surface area contributed by atoms with Gasteiger partial charge in [-0.25, -0.2) is 28.6 Å². The number of azide groups is 1. The smallest absolute Gasteiger partial charge is 0.390 e. The molecule has 1 saturated heterocycles. The van der Waals surface area contributed by atoms with Crippen molar-refractivity contribution in [3.8, 4) is 0 Å². The van der Waals surface area contributed by atoms with Crippen molar-refractivity contribution in [1.82, 2.24) is 19.5 Å². The molecular formula is C10H15N8O12P3. The molecular weight excluding hydrogens is 518 g/mol. The molecule has 1 fully saturated rings. The van der Waals surface area contributed by atoms with Crippen LogP contribution in [0.1, 0.15) is 6.23 Å². The third kappa shape index (κ3) is 6.11. The van der Waals surface area contributed by atoms with E-state index in [0.29, 0.717) is 0 Å². The molecule has 0 bridgehead atoms. The molecule has 1 aliphatic rings. The van der Waals surface area contributed by atoms with Gasteiger partial charge in [-0.1, -0.05) is 5.11 Å². The SMILES string of the molecule is [N-]=[N+]=N[C@H]1[C@H](O)[C@@H](COP(=O)(O)O[32P](=O)(O)OP(=O)(O)O)O[C@H]1n1cnc2c(N)ncnc21. The number of hydrogen-bond donors (Lipinski definition) is 6. The molecule has 3 heterocycles. The molecule has 0 radical (unpaired) electrons. The Bertz CT molecular complexity index is 1230. The predicted octanol–water partition coefficient (Wildman–Crippen LogP) is -0.311. The molecule has 0 saturated carbocycles. The number of aromatic nitrogens is 4. The van der Waals surface area contributed by atoms with E-state index in [9.17, 15) is 28.6 Å². The van der Waals surface area contributed by atoms with Gasteiger partial charge in [-0.05, 0) is 5.53 Å². The summed E-state index contributed by atoms with van der Waals surface area (Å²) in [5.74, 6) is 0.0295. The van der Waals surface area contributed by atoms with Gasteiger partial charge in [-0.2, -0.15) is 8.62 Å². The Kier molecular flexibility index (Phi) is 7.24. The number of fused-ring (bicyclic) bond motifs is 1. The first-order valence-corrected chi connectivity index (χ1v) is 12.8. The van der Waals surface area contributed by atoms with E-state index in [1.54, 1.807) is 0 Å². The standard InChI is InChI=1S/C10H15N8O12P3/c11-8-6-9(14-2-13-8)18(3-15-6)10-5(16-17-12)7(19)4(28-10)1-27-32(23,24)30-33(25,26)29-31(20,21)22/h2-5,7,10,19H,1H2,(H,23,24)(H,25,26)(H2,11,13,14)(H2,20,21,22)/t4-,5+,7-,10-/m1/s1/i33+1. The number of phosphoric ester groups is 1. The van der Waals surface area contributed by atoms with Crippen LogP contribution in [-0.2, 0) is 31.6 Å². The minimum Gasteiger partial charge on any atom is -0.390 e. The van der Waals surface area contributed by atoms with E-state index in [1.165, 1.54) is 10.9 Å². The summed E-state index contributed by atoms with van der Waals surface area (Å²) >= 11 is 0. The number of imidazole rings is 1. The normalized spacial score (nSPS) is 27.1. The summed E-state index contributed by atoms with van der Waals surface area (Å²) in [6.07, 6.45) is -2.01. The van der Waals surface area contributed by atoms with E-state index in [2.05, 4.69) is 38.1 Å². The molecule has 0 amide bonds. The van der Waals surface area contributed by atoms with Gasteiger partial charge in [-0.15, -0.1) is 0 Å². The molecule has 1 aliphatic heterocycles. The van der Waals surface area contributed by atoms with Crippen LogP contribution in [0.15, 0.2) is 17.8 Å². The summed E-state index contributed by atoms with van der Waals surface area (Å²) in [4.78, 5) is 50.2. The Morgan fingerprint density at radius 1 is 1.18 bits per heavy atom. The highest BCUT2D eigenvalue weighted by molar-refractivity contribution is 7.66. The van der Waals surface area contributed by atoms with E-state index >= 15 is 0 Å². The van der Waals surface area contributed by atoms with Gasteiger partial charge in [0.15, 0.2) is 11.5 Å². The highest BCUT2D eigenvalue weighted by atomic mass is 32.2. The highest BCUT2D eigenvalue weighted by Crippen LogP contribution is 2.66. The Morgan fingerprint density at radius 2 is 1.88 bits per heavy atom. The third-order valence-electron chi connectivity index (χ3n) is 4.00. The van der Waals surface area contributed by atoms with Crippen LogP contribution in [0, 0.1) is 0 Å². The van der Waals surface area contributed by atoms with Crippen molar-refractivity contribution in [2.75, 3.05) is 12.3 Å². The van der Waals surface area contributed by atoms with Crippen LogP contribution in [-0.4, -0.2) is 69.1 Å². The summed E-state index contributed by atoms with van der Waals surface area (Å²) in [6, 6.07) is -1.32. The van der Waals surface area contributed by atoms with Crippen molar-refractivity contribution in [3.63, 3.8) is 0 Å². The summed E-state index contributed by atoms with van der Waals surface area (Å²) in [7, 11) is -16.8. The maximum Gasteiger partial charge on any atom is 0.490 e. The molecule has 6 atom stereocenters. The number of aliphatic hydroxyl groups is 1. The monoisotopic (exact) mass is 533 g/mol. The lowest BCUT2D eigenvalue weighted by molar-refractivity contribution is -0.0428. The lowest BCUT2D eigenvalue weighted by Crippen LogP contribution is -2.32. The van der Waals surface area contributed by atoms with Gasteiger partial charge in [0.2, 0.25) is 0 Å². The molecule has 0 spiro atoms. The van der Waals surface area contributed by atoms with Crippen LogP contribution in [0.25, 0.3) is 21.6 Å². The molecule has 182 valence electrons. The number of nitrogens with zero attached hydrogens (tertiary/aromatic N) is 7. The Hall–Kier alpha value is -2.01. The molecule has 33 heavy (non-hydrogen) atoms. The molecule has 3 rings (SSSR count). The first-order valence-electron chi connectivity index (χ1n) is 8.32. The second-order valence-corrected chi connectivity index (χ2v) is 10.6. The highest BCUT2D eigenvalue weighted by Gasteiger charge is 2.47. The van der Waals surface area contributed by atoms with Crippen molar-refractivity contribution in [3.05, 3.63) is 23.1 Å². The van der Waals surface area contributed by atoms with E-state index in [0.717, 1.165) is 6.33 Å². The second-order valence-electron chi connectivity index (χ2n) is 6.22. The number of phosphoric acid groups is 3. The largest absolute Gasteiger partial charge is 0.490 e. The van der Waals surface area contributed by atoms with E-state index in [4.69, 9.17) is 25.8 Å². The summed E-state index contributed by atoms with van der Waals surface area (Å²) in [5, 5.41) is 13.9. The first-order chi connectivity index (χ1) is 15.2. The third-order valence-corrected chi connectivity index (χ3v) is 7.80. The van der Waals surface area contributed by atoms with Crippen molar-refractivity contribution in [2.45, 2.75) is 24.5 Å². The van der Waals surface area contributed by atoms with Crippen LogP contribution in [0.3, 0.4) is 0 Å². The fourth-order valence-corrected chi connectivity index (χ4v) is 5.84. The zero-order chi connectivity index (χ0) is 24.6. The van der Waals surface area contributed by atoms with Crippen LogP contribution < -0.4 is 5.73 Å². The summed E-state index contributed by atoms with van der Waals surface area (Å²) in [6.45, 7) is -0.970. The predicted molar refractivity (Wildman–Crippen MR) is 102 cm³/mol. The number of ether oxygens (including phenoxy) is 1. The van der Waals surface area contributed by atoms with Crippen LogP contribution in [0.2, 0.25) is 0 Å². The fraction of sp³-hybridized carbons (Fsp3) is 0.500. The van der Waals surface area contributed by atoms with Crippen LogP contribution >= 0.6 is 23.5 Å². The number of hydrogen-bond acceptors (Lipinski definition) is 13. The Labute approximate surface area is 182 Å². The number of aliphatic hydroxyl groups excluding tert-OH is 1. The van der Waals surface area contributed by atoms with Gasteiger partial charge in [0.1, 0.15) is 30.2 Å². The van der Waals surface area contributed by atoms with Gasteiger partial charge in [0.05, 0.1) is 19.0 Å². The van der Waals surface area contributed by atoms with Gasteiger partial charge >= 0.3 is 23.5 Å². The molecule has 23 heteroatoms. The van der Waals surface area contributed by atoms with Crippen molar-refractivity contribution >= 4 is 40.4 Å². The maximum atomic E-state index is 11.9. The van der Waals surface area contributed by atoms with E-state index < -0.39 is 54.6 Å². The average molecular weight is 533 g/mol. The number of nitrogens with two attached hydrogens (primary N) is 1. The van der Waals surface area contributed by atoms with Gasteiger partial charge < -0.3 is 35.2 Å². The Morgan fingerprint density at radius 3 is 2.52 bits per heavy atom. The quantitative estimate of drug-likeness (QED) is 0.104. The topological polar surface area (TPSA) is 308 Å². The van der Waals surface area contributed by atoms with Gasteiger partial charge in [0.25, 0.3) is 0 Å². The van der Waals surface area contributed by atoms with Crippen molar-refractivity contribution in [2.24, 2.45) is 5.11 Å². The van der Waals surface area contributed by atoms with Crippen LogP contribution in [0.4, 0.5) is 5.82 Å². The van der Waals surface area contributed by atoms with E-state index in [-0.39, 0.29) is 17.0 Å². The second kappa shape index (κ2) is 9.32. The zero-order valence-electron chi connectivity index (χ0n) is 15.8. The summed E-state index contributed by atoms with van der Waals surface area (Å²) < 4.78 is 52.4. The molecule has 2 aromatic rings. The van der Waals surface area contributed by atoms with E-state index in [1.807, 2.05) is 0 Å². The molecule has 0 aliphatic carbocycles. The maximum absolute atomic E-state index is 11.9. The minimum atomic E-state index is -5.73. The molecule has 0 aromatic carbocycles. The average Bonchev–Trinajstić information content (AvgIpc) is 3.20. The first kappa shape index (κ1) is 25.6. The van der Waals surface area contributed by atoms with Gasteiger partial charge in [0, 0.05) is 4.91 Å². The zero-order valence-corrected chi connectivity index (χ0v) is 18.5. The van der Waals surface area contributed by atoms with Crippen LogP contribution in [0.5, 0.6) is 0 Å². The molecule has 2 unspecified atom stereocenters. The molecule has 20 nitrogen and oxygen atoms in total. The number of anilines is 1. The minimum absolute atomic E-state index is 0.0295. The Balaban J connectivity index is 1.77. The fourth-order valence-electron chi connectivity index (χ4n) is 2.81. The van der Waals surface area contributed by atoms with Crippen molar-refractivity contribution < 1.29 is 56.3 Å². The number of rotatable bonds is 9. The lowest BCUT2D eigenvalue weighted by atomic mass is 10.1. The van der Waals surface area contributed by atoms with Crippen molar-refractivity contribution in [1.29, 1.82) is 0 Å². The van der Waals surface area contributed by atoms with Gasteiger partial charge in [-0.3, -0.25) is 9.09 Å². The molecule has 2 aromatic heterocycles. The molecule has 7 N–H and O–H groups in total. The number of nitrogen functional groups attached to an aromatic ring is 1. The lowest BCUT2D eigenvalue weighted by Gasteiger charge is -2.19.